The lowest BCUT2D eigenvalue weighted by atomic mass is 10.00. The minimum absolute atomic E-state index is 0.144. The van der Waals surface area contributed by atoms with Crippen LogP contribution in [0.2, 0.25) is 0 Å². The number of hydrogen-bond donors (Lipinski definition) is 2. The van der Waals surface area contributed by atoms with Gasteiger partial charge in [-0.25, -0.2) is 0 Å². The van der Waals surface area contributed by atoms with E-state index in [0.717, 1.165) is 22.5 Å². The number of nitriles is 1. The number of carbonyl (C=O) groups is 1. The van der Waals surface area contributed by atoms with Gasteiger partial charge in [-0.2, -0.15) is 5.26 Å². The van der Waals surface area contributed by atoms with Crippen molar-refractivity contribution >= 4 is 28.6 Å². The standard InChI is InChI=1S/C22H15N3O/c23-14-15-7-6-10-17(13-15)24-21(16-8-2-1-3-9-16)20-18-11-4-5-12-19(18)25-22(20)26/h1-13,24H,(H,25,26). The number of rotatable bonds is 3. The van der Waals surface area contributed by atoms with Gasteiger partial charge >= 0.3 is 0 Å². The highest BCUT2D eigenvalue weighted by Crippen LogP contribution is 2.37. The van der Waals surface area contributed by atoms with E-state index in [2.05, 4.69) is 16.7 Å². The lowest BCUT2D eigenvalue weighted by Gasteiger charge is -2.15. The number of para-hydroxylation sites is 1. The molecular weight excluding hydrogens is 322 g/mol. The van der Waals surface area contributed by atoms with E-state index in [9.17, 15) is 4.79 Å². The summed E-state index contributed by atoms with van der Waals surface area (Å²) in [5.41, 5.74) is 5.18. The monoisotopic (exact) mass is 337 g/mol. The molecule has 3 aromatic carbocycles. The van der Waals surface area contributed by atoms with Gasteiger partial charge in [0.2, 0.25) is 0 Å². The predicted molar refractivity (Wildman–Crippen MR) is 103 cm³/mol. The highest BCUT2D eigenvalue weighted by molar-refractivity contribution is 6.37. The van der Waals surface area contributed by atoms with Gasteiger partial charge < -0.3 is 10.6 Å². The molecule has 3 aromatic rings. The van der Waals surface area contributed by atoms with Crippen LogP contribution in [-0.2, 0) is 4.79 Å². The topological polar surface area (TPSA) is 64.9 Å². The van der Waals surface area contributed by atoms with Gasteiger partial charge in [0.25, 0.3) is 5.91 Å². The third kappa shape index (κ3) is 2.83. The summed E-state index contributed by atoms with van der Waals surface area (Å²) >= 11 is 0. The number of benzene rings is 3. The van der Waals surface area contributed by atoms with Crippen LogP contribution in [0, 0.1) is 11.3 Å². The van der Waals surface area contributed by atoms with Crippen LogP contribution in [0.1, 0.15) is 16.7 Å². The second-order valence-electron chi connectivity index (χ2n) is 5.93. The number of hydrogen-bond acceptors (Lipinski definition) is 3. The normalized spacial score (nSPS) is 14.2. The van der Waals surface area contributed by atoms with E-state index in [1.807, 2.05) is 66.7 Å². The second-order valence-corrected chi connectivity index (χ2v) is 5.93. The highest BCUT2D eigenvalue weighted by Gasteiger charge is 2.27. The zero-order valence-corrected chi connectivity index (χ0v) is 13.9. The van der Waals surface area contributed by atoms with Gasteiger partial charge in [0.05, 0.1) is 22.9 Å². The summed E-state index contributed by atoms with van der Waals surface area (Å²) in [5.74, 6) is -0.144. The quantitative estimate of drug-likeness (QED) is 0.692. The van der Waals surface area contributed by atoms with Crippen molar-refractivity contribution in [1.82, 2.24) is 0 Å². The minimum Gasteiger partial charge on any atom is -0.354 e. The zero-order chi connectivity index (χ0) is 17.9. The molecule has 0 bridgehead atoms. The summed E-state index contributed by atoms with van der Waals surface area (Å²) in [4.78, 5) is 12.7. The molecule has 4 heteroatoms. The lowest BCUT2D eigenvalue weighted by Crippen LogP contribution is -2.10. The minimum atomic E-state index is -0.144. The van der Waals surface area contributed by atoms with Crippen molar-refractivity contribution in [2.45, 2.75) is 0 Å². The first-order valence-electron chi connectivity index (χ1n) is 8.24. The smallest absolute Gasteiger partial charge is 0.258 e. The summed E-state index contributed by atoms with van der Waals surface area (Å²) in [6.45, 7) is 0. The van der Waals surface area contributed by atoms with Crippen molar-refractivity contribution < 1.29 is 4.79 Å². The van der Waals surface area contributed by atoms with Crippen molar-refractivity contribution in [3.05, 3.63) is 95.6 Å². The van der Waals surface area contributed by atoms with Gasteiger partial charge in [0.15, 0.2) is 0 Å². The van der Waals surface area contributed by atoms with Crippen LogP contribution in [0.4, 0.5) is 11.4 Å². The molecule has 4 nitrogen and oxygen atoms in total. The first-order chi connectivity index (χ1) is 12.8. The molecule has 1 aliphatic heterocycles. The number of carbonyl (C=O) groups excluding carboxylic acids is 1. The molecule has 0 fully saturated rings. The SMILES string of the molecule is N#Cc1cccc(NC(=C2C(=O)Nc3ccccc32)c2ccccc2)c1. The van der Waals surface area contributed by atoms with Crippen LogP contribution < -0.4 is 10.6 Å². The van der Waals surface area contributed by atoms with Gasteiger partial charge in [-0.3, -0.25) is 4.79 Å². The van der Waals surface area contributed by atoms with Gasteiger partial charge in [0, 0.05) is 16.9 Å². The van der Waals surface area contributed by atoms with E-state index in [1.165, 1.54) is 0 Å². The number of nitrogens with one attached hydrogen (secondary N) is 2. The first-order valence-corrected chi connectivity index (χ1v) is 8.24. The fourth-order valence-corrected chi connectivity index (χ4v) is 3.06. The summed E-state index contributed by atoms with van der Waals surface area (Å²) < 4.78 is 0. The Kier molecular flexibility index (Phi) is 3.97. The van der Waals surface area contributed by atoms with Gasteiger partial charge in [-0.1, -0.05) is 54.6 Å². The average molecular weight is 337 g/mol. The Balaban J connectivity index is 1.90. The van der Waals surface area contributed by atoms with Crippen LogP contribution in [0.15, 0.2) is 78.9 Å². The molecule has 0 aliphatic carbocycles. The Morgan fingerprint density at radius 2 is 1.69 bits per heavy atom. The maximum Gasteiger partial charge on any atom is 0.258 e. The first kappa shape index (κ1) is 15.7. The number of nitrogens with zero attached hydrogens (tertiary/aromatic N) is 1. The Bertz CT molecular complexity index is 1060. The van der Waals surface area contributed by atoms with Crippen molar-refractivity contribution in [3.63, 3.8) is 0 Å². The number of amides is 1. The Morgan fingerprint density at radius 1 is 0.923 bits per heavy atom. The molecule has 2 N–H and O–H groups in total. The van der Waals surface area contributed by atoms with Crippen LogP contribution in [0.25, 0.3) is 11.3 Å². The fourth-order valence-electron chi connectivity index (χ4n) is 3.06. The van der Waals surface area contributed by atoms with E-state index in [0.29, 0.717) is 16.8 Å². The van der Waals surface area contributed by atoms with Crippen molar-refractivity contribution in [3.8, 4) is 6.07 Å². The van der Waals surface area contributed by atoms with E-state index in [1.54, 1.807) is 12.1 Å². The van der Waals surface area contributed by atoms with Crippen LogP contribution in [0.5, 0.6) is 0 Å². The van der Waals surface area contributed by atoms with E-state index in [-0.39, 0.29) is 5.91 Å². The largest absolute Gasteiger partial charge is 0.354 e. The molecular formula is C22H15N3O. The van der Waals surface area contributed by atoms with Gasteiger partial charge in [0.1, 0.15) is 0 Å². The third-order valence-corrected chi connectivity index (χ3v) is 4.25. The lowest BCUT2D eigenvalue weighted by molar-refractivity contribution is -0.110. The molecule has 4 rings (SSSR count). The van der Waals surface area contributed by atoms with Crippen molar-refractivity contribution in [2.75, 3.05) is 10.6 Å². The summed E-state index contributed by atoms with van der Waals surface area (Å²) in [5, 5.41) is 15.4. The molecule has 1 amide bonds. The molecule has 1 heterocycles. The molecule has 0 unspecified atom stereocenters. The van der Waals surface area contributed by atoms with Crippen LogP contribution in [-0.4, -0.2) is 5.91 Å². The number of anilines is 2. The zero-order valence-electron chi connectivity index (χ0n) is 13.9. The van der Waals surface area contributed by atoms with E-state index in [4.69, 9.17) is 5.26 Å². The fraction of sp³-hybridized carbons (Fsp3) is 0. The van der Waals surface area contributed by atoms with Crippen LogP contribution >= 0.6 is 0 Å². The maximum atomic E-state index is 12.7. The Morgan fingerprint density at radius 3 is 2.50 bits per heavy atom. The molecule has 1 aliphatic rings. The molecule has 0 radical (unpaired) electrons. The predicted octanol–water partition coefficient (Wildman–Crippen LogP) is 4.49. The van der Waals surface area contributed by atoms with Gasteiger partial charge in [-0.05, 0) is 29.8 Å². The number of fused-ring (bicyclic) bond motifs is 1. The van der Waals surface area contributed by atoms with Crippen molar-refractivity contribution in [2.24, 2.45) is 0 Å². The summed E-state index contributed by atoms with van der Waals surface area (Å²) in [7, 11) is 0. The van der Waals surface area contributed by atoms with E-state index >= 15 is 0 Å². The molecule has 26 heavy (non-hydrogen) atoms. The Labute approximate surface area is 151 Å². The molecule has 0 saturated heterocycles. The van der Waals surface area contributed by atoms with E-state index < -0.39 is 0 Å². The molecule has 0 spiro atoms. The second kappa shape index (κ2) is 6.58. The molecule has 0 atom stereocenters. The third-order valence-electron chi connectivity index (χ3n) is 4.25. The summed E-state index contributed by atoms with van der Waals surface area (Å²) in [6.07, 6.45) is 0. The molecule has 0 aromatic heterocycles. The summed E-state index contributed by atoms with van der Waals surface area (Å²) in [6, 6.07) is 26.7. The van der Waals surface area contributed by atoms with Gasteiger partial charge in [-0.15, -0.1) is 0 Å². The van der Waals surface area contributed by atoms with Crippen molar-refractivity contribution in [1.29, 1.82) is 5.26 Å². The highest BCUT2D eigenvalue weighted by atomic mass is 16.2. The maximum absolute atomic E-state index is 12.7. The molecule has 124 valence electrons. The molecule has 0 saturated carbocycles. The van der Waals surface area contributed by atoms with Crippen LogP contribution in [0.3, 0.4) is 0 Å². The Hall–Kier alpha value is -3.84. The average Bonchev–Trinajstić information content (AvgIpc) is 3.02.